The van der Waals surface area contributed by atoms with Gasteiger partial charge in [-0.15, -0.1) is 0 Å². The lowest BCUT2D eigenvalue weighted by Gasteiger charge is -2.12. The summed E-state index contributed by atoms with van der Waals surface area (Å²) < 4.78 is 18.6. The Morgan fingerprint density at radius 1 is 1.50 bits per heavy atom. The van der Waals surface area contributed by atoms with Crippen LogP contribution in [0.1, 0.15) is 18.4 Å². The van der Waals surface area contributed by atoms with Crippen LogP contribution in [-0.4, -0.2) is 25.1 Å². The molecule has 1 aliphatic rings. The zero-order valence-electron chi connectivity index (χ0n) is 11.0. The number of nitrogens with one attached hydrogen (secondary N) is 2. The minimum Gasteiger partial charge on any atom is -0.483 e. The minimum atomic E-state index is -0.378. The predicted octanol–water partition coefficient (Wildman–Crippen LogP) is 1.10. The maximum atomic E-state index is 13.3. The fraction of sp³-hybridized carbons (Fsp3) is 0.429. The van der Waals surface area contributed by atoms with Gasteiger partial charge in [0.2, 0.25) is 0 Å². The van der Waals surface area contributed by atoms with E-state index < -0.39 is 0 Å². The summed E-state index contributed by atoms with van der Waals surface area (Å²) in [7, 11) is 0. The second-order valence-corrected chi connectivity index (χ2v) is 4.63. The van der Waals surface area contributed by atoms with E-state index in [1.807, 2.05) is 6.07 Å². The Morgan fingerprint density at radius 2 is 2.30 bits per heavy atom. The zero-order chi connectivity index (χ0) is 14.4. The maximum absolute atomic E-state index is 13.3. The molecule has 0 heterocycles. The fourth-order valence-electron chi connectivity index (χ4n) is 1.70. The van der Waals surface area contributed by atoms with Crippen molar-refractivity contribution >= 4 is 5.91 Å². The van der Waals surface area contributed by atoms with Crippen LogP contribution in [0.2, 0.25) is 0 Å². The van der Waals surface area contributed by atoms with Crippen molar-refractivity contribution < 1.29 is 13.9 Å². The number of carbonyl (C=O) groups excluding carboxylic acids is 1. The van der Waals surface area contributed by atoms with E-state index in [2.05, 4.69) is 10.6 Å². The van der Waals surface area contributed by atoms with E-state index in [1.54, 1.807) is 0 Å². The Kier molecular flexibility index (Phi) is 4.91. The summed E-state index contributed by atoms with van der Waals surface area (Å²) in [5, 5.41) is 14.0. The highest BCUT2D eigenvalue weighted by atomic mass is 19.1. The molecule has 0 radical (unpaired) electrons. The summed E-state index contributed by atoms with van der Waals surface area (Å²) in [4.78, 5) is 11.4. The number of amides is 1. The minimum absolute atomic E-state index is 0.0539. The summed E-state index contributed by atoms with van der Waals surface area (Å²) in [5.74, 6) is -0.234. The molecule has 6 heteroatoms. The first-order valence-corrected chi connectivity index (χ1v) is 6.47. The van der Waals surface area contributed by atoms with Gasteiger partial charge in [0.1, 0.15) is 18.1 Å². The zero-order valence-corrected chi connectivity index (χ0v) is 11.0. The summed E-state index contributed by atoms with van der Waals surface area (Å²) in [6.07, 6.45) is 2.28. The van der Waals surface area contributed by atoms with Crippen LogP contribution in [0.25, 0.3) is 0 Å². The molecule has 1 saturated carbocycles. The molecule has 1 aromatic carbocycles. The number of benzene rings is 1. The van der Waals surface area contributed by atoms with Crippen molar-refractivity contribution in [2.24, 2.45) is 0 Å². The molecule has 0 saturated heterocycles. The first kappa shape index (κ1) is 14.3. The molecule has 1 amide bonds. The topological polar surface area (TPSA) is 74.2 Å². The molecule has 0 aromatic heterocycles. The monoisotopic (exact) mass is 277 g/mol. The Hall–Kier alpha value is -2.13. The maximum Gasteiger partial charge on any atom is 0.258 e. The lowest BCUT2D eigenvalue weighted by molar-refractivity contribution is -0.122. The van der Waals surface area contributed by atoms with E-state index in [1.165, 1.54) is 18.2 Å². The van der Waals surface area contributed by atoms with E-state index in [9.17, 15) is 9.18 Å². The molecule has 106 valence electrons. The molecule has 0 atom stereocenters. The fourth-order valence-corrected chi connectivity index (χ4v) is 1.70. The van der Waals surface area contributed by atoms with Gasteiger partial charge in [0.25, 0.3) is 5.91 Å². The highest BCUT2D eigenvalue weighted by Crippen LogP contribution is 2.23. The largest absolute Gasteiger partial charge is 0.483 e. The molecule has 2 N–H and O–H groups in total. The van der Waals surface area contributed by atoms with Gasteiger partial charge in [-0.25, -0.2) is 4.39 Å². The molecular formula is C14H16FN3O2. The van der Waals surface area contributed by atoms with Crippen molar-refractivity contribution in [1.29, 1.82) is 5.26 Å². The number of halogens is 1. The molecule has 0 aliphatic heterocycles. The molecule has 2 rings (SSSR count). The van der Waals surface area contributed by atoms with Crippen molar-refractivity contribution in [3.63, 3.8) is 0 Å². The third kappa shape index (κ3) is 4.52. The normalized spacial score (nSPS) is 13.6. The quantitative estimate of drug-likeness (QED) is 0.732. The highest BCUT2D eigenvalue weighted by molar-refractivity contribution is 5.77. The van der Waals surface area contributed by atoms with Gasteiger partial charge in [0, 0.05) is 18.2 Å². The van der Waals surface area contributed by atoms with Crippen LogP contribution in [0.5, 0.6) is 5.75 Å². The summed E-state index contributed by atoms with van der Waals surface area (Å²) >= 11 is 0. The van der Waals surface area contributed by atoms with Crippen LogP contribution in [0.4, 0.5) is 4.39 Å². The molecular weight excluding hydrogens is 261 g/mol. The molecule has 1 aromatic rings. The first-order chi connectivity index (χ1) is 9.69. The first-order valence-electron chi connectivity index (χ1n) is 6.47. The number of ether oxygens (including phenoxy) is 1. The van der Waals surface area contributed by atoms with Crippen LogP contribution >= 0.6 is 0 Å². The summed E-state index contributed by atoms with van der Waals surface area (Å²) in [5.41, 5.74) is 0.685. The van der Waals surface area contributed by atoms with Gasteiger partial charge in [0.05, 0.1) is 6.07 Å². The second kappa shape index (κ2) is 6.87. The van der Waals surface area contributed by atoms with Gasteiger partial charge in [-0.3, -0.25) is 4.79 Å². The SMILES string of the molecule is N#CCNC(=O)COc1ccc(F)cc1CNC1CC1. The lowest BCUT2D eigenvalue weighted by Crippen LogP contribution is -2.29. The van der Waals surface area contributed by atoms with E-state index in [0.717, 1.165) is 12.8 Å². The molecule has 0 spiro atoms. The number of nitrogens with zero attached hydrogens (tertiary/aromatic N) is 1. The van der Waals surface area contributed by atoms with Crippen LogP contribution in [0, 0.1) is 17.1 Å². The molecule has 20 heavy (non-hydrogen) atoms. The average Bonchev–Trinajstić information content (AvgIpc) is 3.26. The van der Waals surface area contributed by atoms with Crippen molar-refractivity contribution in [3.8, 4) is 11.8 Å². The Balaban J connectivity index is 1.91. The van der Waals surface area contributed by atoms with Crippen molar-refractivity contribution in [2.45, 2.75) is 25.4 Å². The third-order valence-corrected chi connectivity index (χ3v) is 2.90. The van der Waals surface area contributed by atoms with Gasteiger partial charge in [-0.05, 0) is 31.0 Å². The van der Waals surface area contributed by atoms with E-state index in [4.69, 9.17) is 10.00 Å². The van der Waals surface area contributed by atoms with Crippen LogP contribution in [0.3, 0.4) is 0 Å². The van der Waals surface area contributed by atoms with E-state index in [0.29, 0.717) is 23.9 Å². The number of nitriles is 1. The molecule has 1 aliphatic carbocycles. The van der Waals surface area contributed by atoms with Gasteiger partial charge in [-0.2, -0.15) is 5.26 Å². The van der Waals surface area contributed by atoms with E-state index in [-0.39, 0.29) is 24.9 Å². The van der Waals surface area contributed by atoms with Crippen LogP contribution in [0.15, 0.2) is 18.2 Å². The molecule has 1 fully saturated rings. The predicted molar refractivity (Wildman–Crippen MR) is 70.4 cm³/mol. The summed E-state index contributed by atoms with van der Waals surface area (Å²) in [6, 6.07) is 6.52. The Bertz CT molecular complexity index is 524. The number of hydrogen-bond donors (Lipinski definition) is 2. The number of hydrogen-bond acceptors (Lipinski definition) is 4. The Morgan fingerprint density at radius 3 is 3.00 bits per heavy atom. The van der Waals surface area contributed by atoms with Gasteiger partial charge < -0.3 is 15.4 Å². The third-order valence-electron chi connectivity index (χ3n) is 2.90. The second-order valence-electron chi connectivity index (χ2n) is 4.63. The van der Waals surface area contributed by atoms with E-state index >= 15 is 0 Å². The molecule has 0 unspecified atom stereocenters. The number of carbonyl (C=O) groups is 1. The standard InChI is InChI=1S/C14H16FN3O2/c15-11-1-4-13(20-9-14(19)17-6-5-16)10(7-11)8-18-12-2-3-12/h1,4,7,12,18H,2-3,6,8-9H2,(H,17,19). The van der Waals surface area contributed by atoms with Crippen LogP contribution in [-0.2, 0) is 11.3 Å². The number of rotatable bonds is 7. The molecule has 0 bridgehead atoms. The van der Waals surface area contributed by atoms with Crippen LogP contribution < -0.4 is 15.4 Å². The van der Waals surface area contributed by atoms with Gasteiger partial charge in [-0.1, -0.05) is 0 Å². The highest BCUT2D eigenvalue weighted by Gasteiger charge is 2.20. The van der Waals surface area contributed by atoms with Gasteiger partial charge >= 0.3 is 0 Å². The smallest absolute Gasteiger partial charge is 0.258 e. The van der Waals surface area contributed by atoms with Crippen molar-refractivity contribution in [3.05, 3.63) is 29.6 Å². The lowest BCUT2D eigenvalue weighted by atomic mass is 10.2. The van der Waals surface area contributed by atoms with Gasteiger partial charge in [0.15, 0.2) is 6.61 Å². The van der Waals surface area contributed by atoms with Crippen molar-refractivity contribution in [1.82, 2.24) is 10.6 Å². The van der Waals surface area contributed by atoms with Crippen molar-refractivity contribution in [2.75, 3.05) is 13.2 Å². The average molecular weight is 277 g/mol. The Labute approximate surface area is 116 Å². The summed E-state index contributed by atoms with van der Waals surface area (Å²) in [6.45, 7) is 0.267. The molecule has 5 nitrogen and oxygen atoms in total.